The molecule has 1 heterocycles. The lowest BCUT2D eigenvalue weighted by Gasteiger charge is -2.29. The van der Waals surface area contributed by atoms with Crippen LogP contribution in [0, 0.1) is 0 Å². The molecule has 0 amide bonds. The van der Waals surface area contributed by atoms with E-state index in [0.717, 1.165) is 31.9 Å². The van der Waals surface area contributed by atoms with Crippen molar-refractivity contribution in [2.24, 2.45) is 0 Å². The smallest absolute Gasteiger partial charge is 0.261 e. The summed E-state index contributed by atoms with van der Waals surface area (Å²) in [4.78, 5) is 2.52. The summed E-state index contributed by atoms with van der Waals surface area (Å²) in [5.74, 6) is 0. The molecule has 7 heteroatoms. The van der Waals surface area contributed by atoms with Gasteiger partial charge in [-0.25, -0.2) is 8.42 Å². The summed E-state index contributed by atoms with van der Waals surface area (Å²) in [6, 6.07) is 15.9. The molecule has 3 rings (SSSR count). The van der Waals surface area contributed by atoms with Crippen molar-refractivity contribution in [3.63, 3.8) is 0 Å². The van der Waals surface area contributed by atoms with E-state index in [1.807, 2.05) is 18.2 Å². The Morgan fingerprint density at radius 2 is 1.52 bits per heavy atom. The van der Waals surface area contributed by atoms with Crippen LogP contribution in [-0.4, -0.2) is 34.6 Å². The number of benzene rings is 2. The third kappa shape index (κ3) is 4.37. The van der Waals surface area contributed by atoms with Gasteiger partial charge in [0.2, 0.25) is 0 Å². The molecule has 2 aromatic rings. The van der Waals surface area contributed by atoms with Crippen LogP contribution in [0.1, 0.15) is 0 Å². The fourth-order valence-electron chi connectivity index (χ4n) is 2.48. The summed E-state index contributed by atoms with van der Waals surface area (Å²) in [5, 5.41) is 3.30. The molecule has 2 N–H and O–H groups in total. The van der Waals surface area contributed by atoms with Gasteiger partial charge in [0, 0.05) is 37.6 Å². The molecule has 23 heavy (non-hydrogen) atoms. The molecule has 1 aliphatic rings. The fraction of sp³-hybridized carbons (Fsp3) is 0.250. The van der Waals surface area contributed by atoms with Crippen LogP contribution in [-0.2, 0) is 10.0 Å². The third-order valence-electron chi connectivity index (χ3n) is 3.66. The molecular weight excluding hydrogens is 334 g/mol. The van der Waals surface area contributed by atoms with E-state index in [2.05, 4.69) is 14.9 Å². The van der Waals surface area contributed by atoms with Crippen LogP contribution in [0.2, 0.25) is 0 Å². The largest absolute Gasteiger partial charge is 0.369 e. The summed E-state index contributed by atoms with van der Waals surface area (Å²) in [5.41, 5.74) is 1.62. The molecule has 0 aromatic heterocycles. The molecule has 0 spiro atoms. The maximum absolute atomic E-state index is 12.4. The Morgan fingerprint density at radius 3 is 2.13 bits per heavy atom. The van der Waals surface area contributed by atoms with E-state index in [-0.39, 0.29) is 17.3 Å². The molecule has 0 atom stereocenters. The van der Waals surface area contributed by atoms with Crippen molar-refractivity contribution in [1.29, 1.82) is 0 Å². The van der Waals surface area contributed by atoms with Gasteiger partial charge in [-0.1, -0.05) is 18.2 Å². The van der Waals surface area contributed by atoms with Gasteiger partial charge in [0.25, 0.3) is 10.0 Å². The normalized spacial score (nSPS) is 14.9. The number of sulfonamides is 1. The molecular formula is C16H20ClN3O2S. The van der Waals surface area contributed by atoms with Crippen molar-refractivity contribution < 1.29 is 8.42 Å². The summed E-state index contributed by atoms with van der Waals surface area (Å²) in [7, 11) is -3.54. The summed E-state index contributed by atoms with van der Waals surface area (Å²) in [6.07, 6.45) is 0. The highest BCUT2D eigenvalue weighted by Gasteiger charge is 2.15. The first-order valence-corrected chi connectivity index (χ1v) is 8.77. The van der Waals surface area contributed by atoms with Crippen molar-refractivity contribution in [1.82, 2.24) is 5.32 Å². The summed E-state index contributed by atoms with van der Waals surface area (Å²) in [6.45, 7) is 3.79. The second-order valence-electron chi connectivity index (χ2n) is 5.20. The van der Waals surface area contributed by atoms with Crippen LogP contribution in [0.25, 0.3) is 0 Å². The maximum atomic E-state index is 12.4. The topological polar surface area (TPSA) is 61.4 Å². The van der Waals surface area contributed by atoms with E-state index in [9.17, 15) is 8.42 Å². The Labute approximate surface area is 143 Å². The Morgan fingerprint density at radius 1 is 0.913 bits per heavy atom. The second-order valence-corrected chi connectivity index (χ2v) is 6.88. The molecule has 1 aliphatic heterocycles. The number of rotatable bonds is 4. The van der Waals surface area contributed by atoms with Gasteiger partial charge < -0.3 is 10.2 Å². The average Bonchev–Trinajstić information content (AvgIpc) is 2.56. The molecule has 0 radical (unpaired) electrons. The number of nitrogens with one attached hydrogen (secondary N) is 2. The third-order valence-corrected chi connectivity index (χ3v) is 5.05. The quantitative estimate of drug-likeness (QED) is 0.885. The molecule has 1 saturated heterocycles. The molecule has 0 saturated carbocycles. The van der Waals surface area contributed by atoms with E-state index in [4.69, 9.17) is 0 Å². The Kier molecular flexibility index (Phi) is 5.87. The zero-order chi connectivity index (χ0) is 15.4. The number of hydrogen-bond donors (Lipinski definition) is 2. The monoisotopic (exact) mass is 353 g/mol. The number of piperazine rings is 1. The number of para-hydroxylation sites is 1. The molecule has 0 aliphatic carbocycles. The van der Waals surface area contributed by atoms with Crippen molar-refractivity contribution in [2.75, 3.05) is 35.8 Å². The van der Waals surface area contributed by atoms with Crippen LogP contribution in [0.3, 0.4) is 0 Å². The van der Waals surface area contributed by atoms with Gasteiger partial charge in [-0.3, -0.25) is 4.72 Å². The minimum Gasteiger partial charge on any atom is -0.369 e. The molecule has 2 aromatic carbocycles. The van der Waals surface area contributed by atoms with Crippen LogP contribution in [0.15, 0.2) is 59.5 Å². The van der Waals surface area contributed by atoms with E-state index in [1.165, 1.54) is 0 Å². The standard InChI is InChI=1S/C16H19N3O2S.ClH/c20-22(21,18-14-4-2-1-3-5-14)16-8-6-15(7-9-16)19-12-10-17-11-13-19;/h1-9,17-18H,10-13H2;1H. The van der Waals surface area contributed by atoms with Gasteiger partial charge in [0.15, 0.2) is 0 Å². The zero-order valence-electron chi connectivity index (χ0n) is 12.6. The predicted octanol–water partition coefficient (Wildman–Crippen LogP) is 2.32. The zero-order valence-corrected chi connectivity index (χ0v) is 14.2. The summed E-state index contributed by atoms with van der Waals surface area (Å²) < 4.78 is 27.3. The van der Waals surface area contributed by atoms with E-state index < -0.39 is 10.0 Å². The van der Waals surface area contributed by atoms with Crippen molar-refractivity contribution in [3.05, 3.63) is 54.6 Å². The summed E-state index contributed by atoms with van der Waals surface area (Å²) >= 11 is 0. The predicted molar refractivity (Wildman–Crippen MR) is 96.0 cm³/mol. The lowest BCUT2D eigenvalue weighted by atomic mass is 10.2. The van der Waals surface area contributed by atoms with Crippen molar-refractivity contribution >= 4 is 33.8 Å². The van der Waals surface area contributed by atoms with Gasteiger partial charge in [-0.15, -0.1) is 12.4 Å². The fourth-order valence-corrected chi connectivity index (χ4v) is 3.54. The molecule has 5 nitrogen and oxygen atoms in total. The first kappa shape index (κ1) is 17.6. The van der Waals surface area contributed by atoms with E-state index in [1.54, 1.807) is 36.4 Å². The van der Waals surface area contributed by atoms with Crippen LogP contribution >= 0.6 is 12.4 Å². The van der Waals surface area contributed by atoms with Crippen LogP contribution in [0.4, 0.5) is 11.4 Å². The van der Waals surface area contributed by atoms with Gasteiger partial charge in [-0.2, -0.15) is 0 Å². The van der Waals surface area contributed by atoms with E-state index in [0.29, 0.717) is 5.69 Å². The minimum absolute atomic E-state index is 0. The SMILES string of the molecule is Cl.O=S(=O)(Nc1ccccc1)c1ccc(N2CCNCC2)cc1. The van der Waals surface area contributed by atoms with Crippen LogP contribution < -0.4 is 14.9 Å². The van der Waals surface area contributed by atoms with Crippen LogP contribution in [0.5, 0.6) is 0 Å². The highest BCUT2D eigenvalue weighted by atomic mass is 35.5. The highest BCUT2D eigenvalue weighted by molar-refractivity contribution is 7.92. The van der Waals surface area contributed by atoms with Crippen molar-refractivity contribution in [2.45, 2.75) is 4.90 Å². The lowest BCUT2D eigenvalue weighted by Crippen LogP contribution is -2.43. The van der Waals surface area contributed by atoms with Gasteiger partial charge >= 0.3 is 0 Å². The number of nitrogens with zero attached hydrogens (tertiary/aromatic N) is 1. The molecule has 124 valence electrons. The Balaban J connectivity index is 0.00000192. The minimum atomic E-state index is -3.54. The van der Waals surface area contributed by atoms with Gasteiger partial charge in [-0.05, 0) is 36.4 Å². The van der Waals surface area contributed by atoms with E-state index >= 15 is 0 Å². The van der Waals surface area contributed by atoms with Gasteiger partial charge in [0.05, 0.1) is 4.90 Å². The number of anilines is 2. The number of halogens is 1. The van der Waals surface area contributed by atoms with Crippen molar-refractivity contribution in [3.8, 4) is 0 Å². The second kappa shape index (κ2) is 7.68. The first-order chi connectivity index (χ1) is 10.6. The first-order valence-electron chi connectivity index (χ1n) is 7.29. The lowest BCUT2D eigenvalue weighted by molar-refractivity contribution is 0.589. The molecule has 0 bridgehead atoms. The highest BCUT2D eigenvalue weighted by Crippen LogP contribution is 2.20. The Bertz CT molecular complexity index is 715. The average molecular weight is 354 g/mol. The maximum Gasteiger partial charge on any atom is 0.261 e. The molecule has 0 unspecified atom stereocenters. The Hall–Kier alpha value is -1.76. The number of hydrogen-bond acceptors (Lipinski definition) is 4. The molecule has 1 fully saturated rings. The van der Waals surface area contributed by atoms with Gasteiger partial charge in [0.1, 0.15) is 0 Å².